The van der Waals surface area contributed by atoms with Crippen LogP contribution in [0.15, 0.2) is 54.7 Å². The molecule has 168 valence electrons. The Bertz CT molecular complexity index is 1110. The molecule has 1 aromatic heterocycles. The van der Waals surface area contributed by atoms with Gasteiger partial charge in [-0.05, 0) is 51.2 Å². The van der Waals surface area contributed by atoms with E-state index in [1.165, 1.54) is 5.56 Å². The summed E-state index contributed by atoms with van der Waals surface area (Å²) in [7, 11) is 3.98. The maximum atomic E-state index is 12.5. The lowest BCUT2D eigenvalue weighted by atomic mass is 9.92. The predicted molar refractivity (Wildman–Crippen MR) is 129 cm³/mol. The molecular weight excluding hydrogens is 400 g/mol. The molecule has 0 spiro atoms. The first-order valence-electron chi connectivity index (χ1n) is 11.2. The maximum absolute atomic E-state index is 12.5. The molecule has 2 aromatic carbocycles. The third kappa shape index (κ3) is 5.02. The summed E-state index contributed by atoms with van der Waals surface area (Å²) in [4.78, 5) is 16.4. The number of aryl methyl sites for hydroxylation is 1. The summed E-state index contributed by atoms with van der Waals surface area (Å²) in [5.74, 6) is 0.910. The van der Waals surface area contributed by atoms with Crippen molar-refractivity contribution in [3.05, 3.63) is 60.3 Å². The monoisotopic (exact) mass is 432 g/mol. The van der Waals surface area contributed by atoms with Crippen molar-refractivity contribution < 1.29 is 9.53 Å². The van der Waals surface area contributed by atoms with Crippen molar-refractivity contribution >= 4 is 16.8 Å². The molecule has 0 aliphatic carbocycles. The second kappa shape index (κ2) is 9.17. The minimum absolute atomic E-state index is 0.0764. The van der Waals surface area contributed by atoms with Gasteiger partial charge in [-0.3, -0.25) is 9.89 Å². The first kappa shape index (κ1) is 22.1. The summed E-state index contributed by atoms with van der Waals surface area (Å²) in [6.45, 7) is 6.37. The zero-order valence-electron chi connectivity index (χ0n) is 19.4. The number of carbonyl (C=O) groups is 1. The number of hydrogen-bond acceptors (Lipinski definition) is 4. The predicted octanol–water partition coefficient (Wildman–Crippen LogP) is 4.42. The Morgan fingerprint density at radius 3 is 2.59 bits per heavy atom. The lowest BCUT2D eigenvalue weighted by molar-refractivity contribution is -0.129. The molecule has 32 heavy (non-hydrogen) atoms. The Hall–Kier alpha value is -3.12. The van der Waals surface area contributed by atoms with Crippen LogP contribution < -0.4 is 4.74 Å². The summed E-state index contributed by atoms with van der Waals surface area (Å²) in [6, 6.07) is 12.7. The maximum Gasteiger partial charge on any atom is 0.246 e. The molecule has 1 aliphatic heterocycles. The van der Waals surface area contributed by atoms with Crippen LogP contribution in [0, 0.1) is 6.92 Å². The number of aromatic amines is 1. The topological polar surface area (TPSA) is 61.5 Å². The van der Waals surface area contributed by atoms with E-state index >= 15 is 0 Å². The van der Waals surface area contributed by atoms with Crippen molar-refractivity contribution in [2.45, 2.75) is 32.3 Å². The number of likely N-dealkylation sites (tertiary alicyclic amines) is 1. The van der Waals surface area contributed by atoms with Crippen LogP contribution in [-0.4, -0.2) is 65.2 Å². The number of amides is 1. The molecule has 6 nitrogen and oxygen atoms in total. The molecule has 0 radical (unpaired) electrons. The minimum Gasteiger partial charge on any atom is -0.487 e. The van der Waals surface area contributed by atoms with Crippen LogP contribution in [-0.2, 0) is 4.79 Å². The van der Waals surface area contributed by atoms with Gasteiger partial charge in [0.15, 0.2) is 0 Å². The highest BCUT2D eigenvalue weighted by atomic mass is 16.5. The van der Waals surface area contributed by atoms with Crippen molar-refractivity contribution in [3.63, 3.8) is 0 Å². The van der Waals surface area contributed by atoms with Gasteiger partial charge in [-0.15, -0.1) is 0 Å². The normalized spacial score (nSPS) is 16.2. The van der Waals surface area contributed by atoms with Gasteiger partial charge in [0.25, 0.3) is 0 Å². The first-order chi connectivity index (χ1) is 15.3. The number of H-pyrrole nitrogens is 1. The van der Waals surface area contributed by atoms with E-state index in [0.717, 1.165) is 47.2 Å². The third-order valence-corrected chi connectivity index (χ3v) is 6.13. The van der Waals surface area contributed by atoms with Crippen molar-refractivity contribution in [1.82, 2.24) is 20.0 Å². The van der Waals surface area contributed by atoms with E-state index in [0.29, 0.717) is 13.1 Å². The molecule has 0 unspecified atom stereocenters. The second-order valence-electron chi connectivity index (χ2n) is 9.21. The molecule has 1 fully saturated rings. The van der Waals surface area contributed by atoms with Gasteiger partial charge in [0.1, 0.15) is 11.4 Å². The van der Waals surface area contributed by atoms with Crippen LogP contribution in [0.2, 0.25) is 0 Å². The number of carbonyl (C=O) groups excluding carboxylic acids is 1. The average molecular weight is 433 g/mol. The fraction of sp³-hybridized carbons (Fsp3) is 0.385. The molecular formula is C26H32N4O2. The standard InChI is InChI=1S/C26H32N4O2/c1-19-7-9-20(10-8-19)21-16-23-22(18-27-28-23)24(17-21)32-26(2)11-14-30(15-12-26)25(31)6-5-13-29(3)4/h5-10,16-18H,11-15H2,1-4H3,(H,27,28)/b6-5+. The van der Waals surface area contributed by atoms with Crippen LogP contribution in [0.5, 0.6) is 5.75 Å². The Morgan fingerprint density at radius 2 is 1.91 bits per heavy atom. The first-order valence-corrected chi connectivity index (χ1v) is 11.2. The van der Waals surface area contributed by atoms with Crippen molar-refractivity contribution in [2.75, 3.05) is 33.7 Å². The van der Waals surface area contributed by atoms with E-state index < -0.39 is 0 Å². The molecule has 0 saturated carbocycles. The average Bonchev–Trinajstić information content (AvgIpc) is 3.23. The highest BCUT2D eigenvalue weighted by Gasteiger charge is 2.34. The van der Waals surface area contributed by atoms with Gasteiger partial charge in [-0.1, -0.05) is 35.9 Å². The smallest absolute Gasteiger partial charge is 0.246 e. The summed E-state index contributed by atoms with van der Waals surface area (Å²) >= 11 is 0. The van der Waals surface area contributed by atoms with Gasteiger partial charge >= 0.3 is 0 Å². The van der Waals surface area contributed by atoms with Gasteiger partial charge in [-0.2, -0.15) is 5.10 Å². The van der Waals surface area contributed by atoms with Crippen LogP contribution in [0.3, 0.4) is 0 Å². The van der Waals surface area contributed by atoms with Gasteiger partial charge in [-0.25, -0.2) is 0 Å². The molecule has 0 bridgehead atoms. The van der Waals surface area contributed by atoms with Gasteiger partial charge in [0, 0.05) is 38.6 Å². The molecule has 1 saturated heterocycles. The van der Waals surface area contributed by atoms with E-state index in [4.69, 9.17) is 4.74 Å². The number of ether oxygens (including phenoxy) is 1. The van der Waals surface area contributed by atoms with Crippen molar-refractivity contribution in [2.24, 2.45) is 0 Å². The van der Waals surface area contributed by atoms with E-state index in [-0.39, 0.29) is 11.5 Å². The quantitative estimate of drug-likeness (QED) is 0.586. The SMILES string of the molecule is Cc1ccc(-c2cc(OC3(C)CCN(C(=O)/C=C/CN(C)C)CC3)c3cn[nH]c3c2)cc1. The van der Waals surface area contributed by atoms with Crippen LogP contribution in [0.1, 0.15) is 25.3 Å². The highest BCUT2D eigenvalue weighted by Crippen LogP contribution is 2.36. The molecule has 2 heterocycles. The van der Waals surface area contributed by atoms with E-state index in [1.54, 1.807) is 6.08 Å². The summed E-state index contributed by atoms with van der Waals surface area (Å²) < 4.78 is 6.62. The Labute approximate surface area is 189 Å². The largest absolute Gasteiger partial charge is 0.487 e. The number of rotatable bonds is 6. The zero-order chi connectivity index (χ0) is 22.7. The van der Waals surface area contributed by atoms with Gasteiger partial charge < -0.3 is 14.5 Å². The molecule has 1 N–H and O–H groups in total. The molecule has 0 atom stereocenters. The Balaban J connectivity index is 1.50. The fourth-order valence-electron chi connectivity index (χ4n) is 4.05. The summed E-state index contributed by atoms with van der Waals surface area (Å²) in [5.41, 5.74) is 4.10. The molecule has 1 aliphatic rings. The molecule has 4 rings (SSSR count). The Kier molecular flexibility index (Phi) is 6.33. The van der Waals surface area contributed by atoms with Crippen LogP contribution in [0.25, 0.3) is 22.0 Å². The van der Waals surface area contributed by atoms with Crippen molar-refractivity contribution in [1.29, 1.82) is 0 Å². The number of benzene rings is 2. The Morgan fingerprint density at radius 1 is 1.19 bits per heavy atom. The molecule has 6 heteroatoms. The van der Waals surface area contributed by atoms with Gasteiger partial charge in [0.2, 0.25) is 5.91 Å². The fourth-order valence-corrected chi connectivity index (χ4v) is 4.05. The van der Waals surface area contributed by atoms with Crippen LogP contribution in [0.4, 0.5) is 0 Å². The number of nitrogens with zero attached hydrogens (tertiary/aromatic N) is 3. The zero-order valence-corrected chi connectivity index (χ0v) is 19.4. The highest BCUT2D eigenvalue weighted by molar-refractivity contribution is 5.90. The number of nitrogens with one attached hydrogen (secondary N) is 1. The second-order valence-corrected chi connectivity index (χ2v) is 9.21. The summed E-state index contributed by atoms with van der Waals surface area (Å²) in [5, 5.41) is 8.30. The van der Waals surface area contributed by atoms with E-state index in [1.807, 2.05) is 36.2 Å². The lowest BCUT2D eigenvalue weighted by Gasteiger charge is -2.39. The number of fused-ring (bicyclic) bond motifs is 1. The number of aromatic nitrogens is 2. The lowest BCUT2D eigenvalue weighted by Crippen LogP contribution is -2.47. The van der Waals surface area contributed by atoms with Gasteiger partial charge in [0.05, 0.1) is 17.1 Å². The minimum atomic E-state index is -0.333. The number of likely N-dealkylation sites (N-methyl/N-ethyl adjacent to an activating group) is 1. The molecule has 3 aromatic rings. The van der Waals surface area contributed by atoms with Crippen LogP contribution >= 0.6 is 0 Å². The van der Waals surface area contributed by atoms with E-state index in [2.05, 4.69) is 60.4 Å². The van der Waals surface area contributed by atoms with E-state index in [9.17, 15) is 4.79 Å². The number of piperidine rings is 1. The van der Waals surface area contributed by atoms with Crippen molar-refractivity contribution in [3.8, 4) is 16.9 Å². The summed E-state index contributed by atoms with van der Waals surface area (Å²) in [6.07, 6.45) is 6.99. The number of hydrogen-bond donors (Lipinski definition) is 1. The molecule has 1 amide bonds. The third-order valence-electron chi connectivity index (χ3n) is 6.13.